The minimum atomic E-state index is -3.55. The fourth-order valence-electron chi connectivity index (χ4n) is 1.73. The van der Waals surface area contributed by atoms with E-state index in [-0.39, 0.29) is 17.5 Å². The van der Waals surface area contributed by atoms with E-state index in [2.05, 4.69) is 15.2 Å². The van der Waals surface area contributed by atoms with E-state index in [4.69, 9.17) is 5.73 Å². The Labute approximate surface area is 117 Å². The number of aromatic amines is 1. The van der Waals surface area contributed by atoms with Crippen molar-refractivity contribution in [2.75, 3.05) is 7.05 Å². The lowest BCUT2D eigenvalue weighted by molar-refractivity contribution is 0.457. The molecule has 1 heterocycles. The summed E-state index contributed by atoms with van der Waals surface area (Å²) in [5, 5.41) is 6.32. The second-order valence-electron chi connectivity index (χ2n) is 4.55. The van der Waals surface area contributed by atoms with E-state index < -0.39 is 10.0 Å². The molecule has 1 aromatic heterocycles. The molecular weight excluding hydrogens is 278 g/mol. The number of hydrogen-bond donors (Lipinski definition) is 2. The molecule has 108 valence electrons. The number of aromatic nitrogens is 3. The van der Waals surface area contributed by atoms with Crippen LogP contribution in [0.25, 0.3) is 0 Å². The first-order valence-electron chi connectivity index (χ1n) is 6.07. The average Bonchev–Trinajstić information content (AvgIpc) is 2.91. The fraction of sp³-hybridized carbons (Fsp3) is 0.333. The van der Waals surface area contributed by atoms with Crippen LogP contribution in [0.15, 0.2) is 35.5 Å². The number of nitrogens with one attached hydrogen (secondary N) is 1. The normalized spacial score (nSPS) is 13.6. The Kier molecular flexibility index (Phi) is 4.17. The van der Waals surface area contributed by atoms with Gasteiger partial charge in [0, 0.05) is 13.1 Å². The monoisotopic (exact) mass is 295 g/mol. The molecule has 7 nitrogen and oxygen atoms in total. The van der Waals surface area contributed by atoms with Crippen LogP contribution in [0.2, 0.25) is 0 Å². The van der Waals surface area contributed by atoms with Crippen molar-refractivity contribution in [1.82, 2.24) is 19.5 Å². The molecule has 0 aliphatic carbocycles. The van der Waals surface area contributed by atoms with Crippen molar-refractivity contribution in [2.24, 2.45) is 5.73 Å². The second kappa shape index (κ2) is 5.70. The van der Waals surface area contributed by atoms with E-state index in [9.17, 15) is 8.42 Å². The zero-order valence-electron chi connectivity index (χ0n) is 11.3. The molecule has 0 fully saturated rings. The van der Waals surface area contributed by atoms with E-state index in [1.807, 2.05) is 6.92 Å². The molecule has 0 saturated heterocycles. The Morgan fingerprint density at radius 3 is 2.50 bits per heavy atom. The van der Waals surface area contributed by atoms with Crippen molar-refractivity contribution in [3.63, 3.8) is 0 Å². The van der Waals surface area contributed by atoms with E-state index in [0.29, 0.717) is 5.82 Å². The molecule has 0 saturated carbocycles. The molecule has 1 unspecified atom stereocenters. The Morgan fingerprint density at radius 1 is 1.35 bits per heavy atom. The van der Waals surface area contributed by atoms with Gasteiger partial charge in [0.25, 0.3) is 0 Å². The summed E-state index contributed by atoms with van der Waals surface area (Å²) in [6.07, 6.45) is 1.34. The molecule has 0 amide bonds. The maximum atomic E-state index is 12.4. The predicted octanol–water partition coefficient (Wildman–Crippen LogP) is 0.645. The zero-order valence-corrected chi connectivity index (χ0v) is 12.1. The predicted molar refractivity (Wildman–Crippen MR) is 74.1 cm³/mol. The third-order valence-electron chi connectivity index (χ3n) is 2.95. The number of rotatable bonds is 5. The minimum Gasteiger partial charge on any atom is -0.324 e. The van der Waals surface area contributed by atoms with Crippen LogP contribution in [-0.4, -0.2) is 35.0 Å². The molecule has 2 rings (SSSR count). The molecule has 0 aliphatic rings. The van der Waals surface area contributed by atoms with Crippen LogP contribution >= 0.6 is 0 Å². The molecule has 20 heavy (non-hydrogen) atoms. The lowest BCUT2D eigenvalue weighted by Crippen LogP contribution is -2.27. The first-order chi connectivity index (χ1) is 9.41. The topological polar surface area (TPSA) is 105 Å². The van der Waals surface area contributed by atoms with E-state index in [1.165, 1.54) is 17.7 Å². The smallest absolute Gasteiger partial charge is 0.243 e. The summed E-state index contributed by atoms with van der Waals surface area (Å²) in [7, 11) is -2.06. The van der Waals surface area contributed by atoms with E-state index >= 15 is 0 Å². The van der Waals surface area contributed by atoms with Gasteiger partial charge in [0.1, 0.15) is 12.2 Å². The summed E-state index contributed by atoms with van der Waals surface area (Å²) >= 11 is 0. The standard InChI is InChI=1S/C12H17N5O2S/c1-9(13)10-3-5-11(6-4-10)20(18,19)17(2)7-12-14-8-15-16-12/h3-6,8-9H,7,13H2,1-2H3,(H,14,15,16). The lowest BCUT2D eigenvalue weighted by Gasteiger charge is -2.16. The molecule has 0 radical (unpaired) electrons. The highest BCUT2D eigenvalue weighted by atomic mass is 32.2. The Hall–Kier alpha value is -1.77. The van der Waals surface area contributed by atoms with Crippen LogP contribution in [-0.2, 0) is 16.6 Å². The van der Waals surface area contributed by atoms with Crippen LogP contribution in [0.3, 0.4) is 0 Å². The van der Waals surface area contributed by atoms with Crippen molar-refractivity contribution >= 4 is 10.0 Å². The highest BCUT2D eigenvalue weighted by Gasteiger charge is 2.21. The number of nitrogens with two attached hydrogens (primary N) is 1. The fourth-order valence-corrected chi connectivity index (χ4v) is 2.86. The van der Waals surface area contributed by atoms with Gasteiger partial charge in [-0.15, -0.1) is 0 Å². The third-order valence-corrected chi connectivity index (χ3v) is 4.77. The summed E-state index contributed by atoms with van der Waals surface area (Å²) in [6, 6.07) is 6.44. The maximum Gasteiger partial charge on any atom is 0.243 e. The van der Waals surface area contributed by atoms with Gasteiger partial charge in [0.05, 0.1) is 11.4 Å². The van der Waals surface area contributed by atoms with Gasteiger partial charge in [0.2, 0.25) is 10.0 Å². The number of sulfonamides is 1. The first-order valence-corrected chi connectivity index (χ1v) is 7.51. The molecular formula is C12H17N5O2S. The second-order valence-corrected chi connectivity index (χ2v) is 6.60. The molecule has 3 N–H and O–H groups in total. The van der Waals surface area contributed by atoms with Crippen LogP contribution in [0.5, 0.6) is 0 Å². The summed E-state index contributed by atoms with van der Waals surface area (Å²) in [5.41, 5.74) is 6.63. The lowest BCUT2D eigenvalue weighted by atomic mass is 10.1. The highest BCUT2D eigenvalue weighted by Crippen LogP contribution is 2.18. The van der Waals surface area contributed by atoms with Gasteiger partial charge in [-0.1, -0.05) is 12.1 Å². The Morgan fingerprint density at radius 2 is 2.00 bits per heavy atom. The molecule has 8 heteroatoms. The van der Waals surface area contributed by atoms with Gasteiger partial charge >= 0.3 is 0 Å². The quantitative estimate of drug-likeness (QED) is 0.842. The number of hydrogen-bond acceptors (Lipinski definition) is 5. The van der Waals surface area contributed by atoms with Crippen molar-refractivity contribution in [1.29, 1.82) is 0 Å². The van der Waals surface area contributed by atoms with Crippen molar-refractivity contribution < 1.29 is 8.42 Å². The van der Waals surface area contributed by atoms with Crippen LogP contribution in [0.4, 0.5) is 0 Å². The third kappa shape index (κ3) is 3.03. The largest absolute Gasteiger partial charge is 0.324 e. The van der Waals surface area contributed by atoms with Crippen molar-refractivity contribution in [3.05, 3.63) is 42.0 Å². The molecule has 1 aromatic carbocycles. The summed E-state index contributed by atoms with van der Waals surface area (Å²) in [5.74, 6) is 0.489. The van der Waals surface area contributed by atoms with Gasteiger partial charge in [0.15, 0.2) is 0 Å². The molecule has 0 bridgehead atoms. The van der Waals surface area contributed by atoms with Gasteiger partial charge in [-0.25, -0.2) is 13.4 Å². The maximum absolute atomic E-state index is 12.4. The first kappa shape index (κ1) is 14.6. The van der Waals surface area contributed by atoms with Crippen LogP contribution in [0, 0.1) is 0 Å². The van der Waals surface area contributed by atoms with Crippen LogP contribution in [0.1, 0.15) is 24.4 Å². The van der Waals surface area contributed by atoms with Gasteiger partial charge in [-0.2, -0.15) is 9.40 Å². The summed E-state index contributed by atoms with van der Waals surface area (Å²) < 4.78 is 26.0. The summed E-state index contributed by atoms with van der Waals surface area (Å²) in [6.45, 7) is 1.98. The highest BCUT2D eigenvalue weighted by molar-refractivity contribution is 7.89. The molecule has 0 aliphatic heterocycles. The van der Waals surface area contributed by atoms with Crippen LogP contribution < -0.4 is 5.73 Å². The zero-order chi connectivity index (χ0) is 14.8. The molecule has 1 atom stereocenters. The number of nitrogens with zero attached hydrogens (tertiary/aromatic N) is 3. The van der Waals surface area contributed by atoms with Crippen molar-refractivity contribution in [2.45, 2.75) is 24.4 Å². The number of benzene rings is 1. The van der Waals surface area contributed by atoms with E-state index in [0.717, 1.165) is 5.56 Å². The SMILES string of the molecule is CC(N)c1ccc(S(=O)(=O)N(C)Cc2ncn[nH]2)cc1. The average molecular weight is 295 g/mol. The van der Waals surface area contributed by atoms with Crippen molar-refractivity contribution in [3.8, 4) is 0 Å². The van der Waals surface area contributed by atoms with Gasteiger partial charge in [-0.05, 0) is 24.6 Å². The Bertz CT molecular complexity index is 650. The number of H-pyrrole nitrogens is 1. The van der Waals surface area contributed by atoms with Gasteiger partial charge < -0.3 is 5.73 Å². The minimum absolute atomic E-state index is 0.126. The van der Waals surface area contributed by atoms with Gasteiger partial charge in [-0.3, -0.25) is 5.10 Å². The molecule has 2 aromatic rings. The Balaban J connectivity index is 2.21. The molecule has 0 spiro atoms. The van der Waals surface area contributed by atoms with E-state index in [1.54, 1.807) is 24.3 Å². The summed E-state index contributed by atoms with van der Waals surface area (Å²) in [4.78, 5) is 4.14.